The molecule has 0 bridgehead atoms. The minimum Gasteiger partial charge on any atom is -0.487 e. The first kappa shape index (κ1) is 15.7. The highest BCUT2D eigenvalue weighted by molar-refractivity contribution is 7.80. The molecule has 4 nitrogen and oxygen atoms in total. The van der Waals surface area contributed by atoms with E-state index in [1.165, 1.54) is 0 Å². The Morgan fingerprint density at radius 3 is 2.87 bits per heavy atom. The van der Waals surface area contributed by atoms with Crippen molar-refractivity contribution in [2.45, 2.75) is 38.8 Å². The highest BCUT2D eigenvalue weighted by Gasteiger charge is 2.33. The Kier molecular flexibility index (Phi) is 4.22. The van der Waals surface area contributed by atoms with Gasteiger partial charge in [0.2, 0.25) is 0 Å². The quantitative estimate of drug-likeness (QED) is 0.817. The second-order valence-electron chi connectivity index (χ2n) is 6.47. The molecular weight excluding hydrogens is 306 g/mol. The van der Waals surface area contributed by atoms with Gasteiger partial charge in [0.25, 0.3) is 0 Å². The molecule has 23 heavy (non-hydrogen) atoms. The van der Waals surface area contributed by atoms with Crippen LogP contribution in [0.1, 0.15) is 37.4 Å². The van der Waals surface area contributed by atoms with Crippen LogP contribution in [-0.2, 0) is 0 Å². The van der Waals surface area contributed by atoms with E-state index in [9.17, 15) is 0 Å². The third-order valence-electron chi connectivity index (χ3n) is 3.84. The average molecular weight is 327 g/mol. The van der Waals surface area contributed by atoms with E-state index in [2.05, 4.69) is 35.5 Å². The zero-order valence-corrected chi connectivity index (χ0v) is 14.4. The zero-order chi connectivity index (χ0) is 16.4. The predicted molar refractivity (Wildman–Crippen MR) is 96.8 cm³/mol. The predicted octanol–water partition coefficient (Wildman–Crippen LogP) is 3.98. The molecule has 0 saturated carbocycles. The second kappa shape index (κ2) is 6.16. The van der Waals surface area contributed by atoms with E-state index in [1.54, 1.807) is 6.20 Å². The number of nitrogens with zero attached hydrogens (tertiary/aromatic N) is 1. The normalized spacial score (nSPS) is 18.5. The van der Waals surface area contributed by atoms with Gasteiger partial charge >= 0.3 is 0 Å². The number of rotatable bonds is 2. The molecule has 1 aliphatic rings. The molecule has 1 aliphatic heterocycles. The SMILES string of the molecule is Cc1ccnc(NC(=S)N[C@H]2CC(C)(C)Oc3ccccc32)c1. The van der Waals surface area contributed by atoms with Gasteiger partial charge in [0.15, 0.2) is 5.11 Å². The van der Waals surface area contributed by atoms with Crippen LogP contribution in [0.3, 0.4) is 0 Å². The lowest BCUT2D eigenvalue weighted by Crippen LogP contribution is -2.42. The van der Waals surface area contributed by atoms with Gasteiger partial charge in [-0.05, 0) is 56.8 Å². The van der Waals surface area contributed by atoms with Gasteiger partial charge in [-0.3, -0.25) is 0 Å². The molecule has 3 rings (SSSR count). The highest BCUT2D eigenvalue weighted by atomic mass is 32.1. The fraction of sp³-hybridized carbons (Fsp3) is 0.333. The first-order valence-corrected chi connectivity index (χ1v) is 8.12. The van der Waals surface area contributed by atoms with Gasteiger partial charge in [0.1, 0.15) is 17.2 Å². The number of aromatic nitrogens is 1. The first-order chi connectivity index (χ1) is 10.9. The standard InChI is InChI=1S/C18H21N3OS/c1-12-8-9-19-16(10-12)21-17(23)20-14-11-18(2,3)22-15-7-5-4-6-13(14)15/h4-10,14H,11H2,1-3H3,(H2,19,20,21,23)/t14-/m0/s1. The van der Waals surface area contributed by atoms with Crippen molar-refractivity contribution >= 4 is 23.1 Å². The Labute approximate surface area is 142 Å². The van der Waals surface area contributed by atoms with Crippen molar-refractivity contribution in [3.8, 4) is 5.75 Å². The Balaban J connectivity index is 1.75. The summed E-state index contributed by atoms with van der Waals surface area (Å²) in [7, 11) is 0. The highest BCUT2D eigenvalue weighted by Crippen LogP contribution is 2.39. The number of nitrogens with one attached hydrogen (secondary N) is 2. The number of hydrogen-bond donors (Lipinski definition) is 2. The van der Waals surface area contributed by atoms with E-state index in [0.29, 0.717) is 5.11 Å². The van der Waals surface area contributed by atoms with Crippen LogP contribution in [0.25, 0.3) is 0 Å². The maximum Gasteiger partial charge on any atom is 0.172 e. The van der Waals surface area contributed by atoms with Crippen molar-refractivity contribution in [3.05, 3.63) is 53.7 Å². The van der Waals surface area contributed by atoms with Crippen molar-refractivity contribution in [2.24, 2.45) is 0 Å². The number of hydrogen-bond acceptors (Lipinski definition) is 3. The monoisotopic (exact) mass is 327 g/mol. The molecular formula is C18H21N3OS. The lowest BCUT2D eigenvalue weighted by atomic mass is 9.90. The van der Waals surface area contributed by atoms with Crippen molar-refractivity contribution < 1.29 is 4.74 Å². The molecule has 0 amide bonds. The molecule has 2 N–H and O–H groups in total. The first-order valence-electron chi connectivity index (χ1n) is 7.71. The number of aryl methyl sites for hydroxylation is 1. The average Bonchev–Trinajstić information content (AvgIpc) is 2.46. The summed E-state index contributed by atoms with van der Waals surface area (Å²) >= 11 is 5.46. The van der Waals surface area contributed by atoms with Gasteiger partial charge in [0, 0.05) is 18.2 Å². The van der Waals surface area contributed by atoms with Gasteiger partial charge in [0.05, 0.1) is 6.04 Å². The number of para-hydroxylation sites is 1. The summed E-state index contributed by atoms with van der Waals surface area (Å²) in [4.78, 5) is 4.28. The summed E-state index contributed by atoms with van der Waals surface area (Å²) in [5.74, 6) is 1.67. The van der Waals surface area contributed by atoms with Crippen LogP contribution >= 0.6 is 12.2 Å². The van der Waals surface area contributed by atoms with Crippen LogP contribution in [0, 0.1) is 6.92 Å². The van der Waals surface area contributed by atoms with E-state index in [0.717, 1.165) is 29.1 Å². The molecule has 2 heterocycles. The second-order valence-corrected chi connectivity index (χ2v) is 6.88. The molecule has 120 valence electrons. The number of ether oxygens (including phenoxy) is 1. The summed E-state index contributed by atoms with van der Waals surface area (Å²) in [6, 6.07) is 12.1. The topological polar surface area (TPSA) is 46.2 Å². The molecule has 2 aromatic rings. The van der Waals surface area contributed by atoms with Crippen molar-refractivity contribution in [1.29, 1.82) is 0 Å². The zero-order valence-electron chi connectivity index (χ0n) is 13.6. The lowest BCUT2D eigenvalue weighted by molar-refractivity contribution is 0.0697. The van der Waals surface area contributed by atoms with E-state index in [1.807, 2.05) is 37.3 Å². The molecule has 1 aromatic carbocycles. The summed E-state index contributed by atoms with van der Waals surface area (Å²) < 4.78 is 6.05. The van der Waals surface area contributed by atoms with Crippen LogP contribution in [0.5, 0.6) is 5.75 Å². The molecule has 5 heteroatoms. The number of benzene rings is 1. The summed E-state index contributed by atoms with van der Waals surface area (Å²) in [5.41, 5.74) is 2.04. The van der Waals surface area contributed by atoms with Crippen LogP contribution < -0.4 is 15.4 Å². The summed E-state index contributed by atoms with van der Waals surface area (Å²) in [5, 5.41) is 7.13. The fourth-order valence-corrected chi connectivity index (χ4v) is 3.09. The fourth-order valence-electron chi connectivity index (χ4n) is 2.85. The third kappa shape index (κ3) is 3.79. The van der Waals surface area contributed by atoms with Gasteiger partial charge in [-0.15, -0.1) is 0 Å². The molecule has 0 aliphatic carbocycles. The van der Waals surface area contributed by atoms with Crippen LogP contribution in [0.2, 0.25) is 0 Å². The van der Waals surface area contributed by atoms with Gasteiger partial charge < -0.3 is 15.4 Å². The Bertz CT molecular complexity index is 730. The molecule has 0 spiro atoms. The maximum absolute atomic E-state index is 6.05. The summed E-state index contributed by atoms with van der Waals surface area (Å²) in [6.45, 7) is 6.22. The van der Waals surface area contributed by atoms with Gasteiger partial charge in [-0.25, -0.2) is 4.98 Å². The largest absolute Gasteiger partial charge is 0.487 e. The molecule has 0 radical (unpaired) electrons. The van der Waals surface area contributed by atoms with Crippen LogP contribution in [0.15, 0.2) is 42.6 Å². The summed E-state index contributed by atoms with van der Waals surface area (Å²) in [6.07, 6.45) is 2.61. The van der Waals surface area contributed by atoms with Crippen LogP contribution in [-0.4, -0.2) is 15.7 Å². The van der Waals surface area contributed by atoms with Crippen molar-refractivity contribution in [1.82, 2.24) is 10.3 Å². The van der Waals surface area contributed by atoms with Crippen molar-refractivity contribution in [2.75, 3.05) is 5.32 Å². The molecule has 1 aromatic heterocycles. The molecule has 0 unspecified atom stereocenters. The maximum atomic E-state index is 6.05. The molecule has 0 fully saturated rings. The Morgan fingerprint density at radius 2 is 2.09 bits per heavy atom. The van der Waals surface area contributed by atoms with Crippen LogP contribution in [0.4, 0.5) is 5.82 Å². The minimum atomic E-state index is -0.233. The third-order valence-corrected chi connectivity index (χ3v) is 4.06. The number of anilines is 1. The van der Waals surface area contributed by atoms with E-state index < -0.39 is 0 Å². The Hall–Kier alpha value is -2.14. The van der Waals surface area contributed by atoms with E-state index in [4.69, 9.17) is 17.0 Å². The molecule has 1 atom stereocenters. The minimum absolute atomic E-state index is 0.111. The van der Waals surface area contributed by atoms with Crippen molar-refractivity contribution in [3.63, 3.8) is 0 Å². The number of fused-ring (bicyclic) bond motifs is 1. The number of pyridine rings is 1. The lowest BCUT2D eigenvalue weighted by Gasteiger charge is -2.38. The molecule has 0 saturated heterocycles. The Morgan fingerprint density at radius 1 is 1.30 bits per heavy atom. The van der Waals surface area contributed by atoms with E-state index >= 15 is 0 Å². The smallest absolute Gasteiger partial charge is 0.172 e. The van der Waals surface area contributed by atoms with Gasteiger partial charge in [-0.1, -0.05) is 18.2 Å². The van der Waals surface area contributed by atoms with E-state index in [-0.39, 0.29) is 11.6 Å². The number of thiocarbonyl (C=S) groups is 1. The van der Waals surface area contributed by atoms with Gasteiger partial charge in [-0.2, -0.15) is 0 Å².